The molecule has 6 heteroatoms. The normalized spacial score (nSPS) is 13.3. The van der Waals surface area contributed by atoms with Crippen LogP contribution in [0.4, 0.5) is 5.82 Å². The second-order valence-electron chi connectivity index (χ2n) is 6.72. The number of thiophene rings is 1. The van der Waals surface area contributed by atoms with Crippen LogP contribution in [0.3, 0.4) is 0 Å². The largest absolute Gasteiger partial charge is 0.365 e. The van der Waals surface area contributed by atoms with Crippen molar-refractivity contribution < 1.29 is 0 Å². The van der Waals surface area contributed by atoms with Crippen molar-refractivity contribution in [1.29, 1.82) is 0 Å². The zero-order valence-corrected chi connectivity index (χ0v) is 15.4. The van der Waals surface area contributed by atoms with Gasteiger partial charge in [-0.2, -0.15) is 5.10 Å². The summed E-state index contributed by atoms with van der Waals surface area (Å²) in [5, 5.41) is 9.03. The predicted octanol–water partition coefficient (Wildman–Crippen LogP) is 4.19. The number of hydrogen-bond donors (Lipinski definition) is 1. The quantitative estimate of drug-likeness (QED) is 0.592. The minimum Gasteiger partial charge on any atom is -0.365 e. The molecule has 0 radical (unpaired) electrons. The monoisotopic (exact) mass is 361 g/mol. The van der Waals surface area contributed by atoms with E-state index < -0.39 is 0 Å². The van der Waals surface area contributed by atoms with Crippen molar-refractivity contribution in [1.82, 2.24) is 19.7 Å². The number of aromatic nitrogens is 4. The summed E-state index contributed by atoms with van der Waals surface area (Å²) in [6, 6.07) is 8.57. The molecule has 0 atom stereocenters. The van der Waals surface area contributed by atoms with E-state index in [1.54, 1.807) is 6.33 Å². The first-order chi connectivity index (χ1) is 12.8. The summed E-state index contributed by atoms with van der Waals surface area (Å²) in [4.78, 5) is 11.6. The average molecular weight is 361 g/mol. The number of anilines is 1. The van der Waals surface area contributed by atoms with Crippen LogP contribution in [0.25, 0.3) is 21.3 Å². The molecule has 3 heterocycles. The highest BCUT2D eigenvalue weighted by atomic mass is 32.1. The molecule has 5 nitrogen and oxygen atoms in total. The fraction of sp³-hybridized carbons (Fsp3) is 0.250. The molecule has 0 bridgehead atoms. The summed E-state index contributed by atoms with van der Waals surface area (Å²) in [6.45, 7) is 0.741. The van der Waals surface area contributed by atoms with Crippen LogP contribution in [0.2, 0.25) is 0 Å². The standard InChI is InChI=1S/C20H19N5S/c1-25-11-15(10-24-25)14-5-2-4-13(8-14)9-21-19-18-16-6-3-7-17(16)26-20(18)23-12-22-19/h2,4-5,8,10-12H,3,6-7,9H2,1H3,(H,21,22,23). The van der Waals surface area contributed by atoms with E-state index in [4.69, 9.17) is 0 Å². The van der Waals surface area contributed by atoms with E-state index in [1.807, 2.05) is 35.5 Å². The van der Waals surface area contributed by atoms with Gasteiger partial charge < -0.3 is 5.32 Å². The van der Waals surface area contributed by atoms with Gasteiger partial charge in [-0.15, -0.1) is 11.3 Å². The topological polar surface area (TPSA) is 55.6 Å². The molecular weight excluding hydrogens is 342 g/mol. The fourth-order valence-corrected chi connectivity index (χ4v) is 4.91. The maximum absolute atomic E-state index is 4.53. The van der Waals surface area contributed by atoms with Gasteiger partial charge in [0.25, 0.3) is 0 Å². The molecule has 4 aromatic rings. The van der Waals surface area contributed by atoms with Crippen molar-refractivity contribution in [3.8, 4) is 11.1 Å². The van der Waals surface area contributed by atoms with E-state index in [9.17, 15) is 0 Å². The molecule has 1 aliphatic carbocycles. The second-order valence-corrected chi connectivity index (χ2v) is 7.80. The van der Waals surface area contributed by atoms with Crippen molar-refractivity contribution >= 4 is 27.4 Å². The summed E-state index contributed by atoms with van der Waals surface area (Å²) < 4.78 is 1.83. The molecule has 0 fully saturated rings. The van der Waals surface area contributed by atoms with Gasteiger partial charge in [0.05, 0.1) is 11.6 Å². The third-order valence-electron chi connectivity index (χ3n) is 4.93. The summed E-state index contributed by atoms with van der Waals surface area (Å²) >= 11 is 1.82. The summed E-state index contributed by atoms with van der Waals surface area (Å²) in [6.07, 6.45) is 9.18. The Kier molecular flexibility index (Phi) is 3.71. The predicted molar refractivity (Wildman–Crippen MR) is 105 cm³/mol. The van der Waals surface area contributed by atoms with Crippen LogP contribution in [-0.2, 0) is 26.4 Å². The molecule has 26 heavy (non-hydrogen) atoms. The smallest absolute Gasteiger partial charge is 0.138 e. The lowest BCUT2D eigenvalue weighted by molar-refractivity contribution is 0.768. The van der Waals surface area contributed by atoms with Crippen LogP contribution >= 0.6 is 11.3 Å². The molecule has 1 N–H and O–H groups in total. The molecule has 0 spiro atoms. The molecular formula is C20H19N5S. The van der Waals surface area contributed by atoms with Crippen LogP contribution < -0.4 is 5.32 Å². The third-order valence-corrected chi connectivity index (χ3v) is 6.13. The third kappa shape index (κ3) is 2.66. The molecule has 0 aliphatic heterocycles. The number of aryl methyl sites for hydroxylation is 3. The minimum absolute atomic E-state index is 0.741. The Morgan fingerprint density at radius 1 is 1.19 bits per heavy atom. The Labute approximate surface area is 155 Å². The van der Waals surface area contributed by atoms with Crippen LogP contribution in [0.15, 0.2) is 43.0 Å². The number of rotatable bonds is 4. The molecule has 0 saturated carbocycles. The maximum atomic E-state index is 4.53. The van der Waals surface area contributed by atoms with Gasteiger partial charge in [0, 0.05) is 30.2 Å². The van der Waals surface area contributed by atoms with Crippen LogP contribution in [0.1, 0.15) is 22.4 Å². The zero-order chi connectivity index (χ0) is 17.5. The van der Waals surface area contributed by atoms with E-state index in [0.717, 1.165) is 29.2 Å². The Hall–Kier alpha value is -2.73. The van der Waals surface area contributed by atoms with E-state index in [-0.39, 0.29) is 0 Å². The minimum atomic E-state index is 0.741. The Bertz CT molecular complexity index is 1090. The van der Waals surface area contributed by atoms with Gasteiger partial charge in [-0.25, -0.2) is 9.97 Å². The van der Waals surface area contributed by atoms with E-state index in [2.05, 4.69) is 44.6 Å². The van der Waals surface area contributed by atoms with Crippen molar-refractivity contribution in [2.75, 3.05) is 5.32 Å². The molecule has 0 unspecified atom stereocenters. The van der Waals surface area contributed by atoms with Gasteiger partial charge in [-0.1, -0.05) is 18.2 Å². The number of benzene rings is 1. The number of hydrogen-bond acceptors (Lipinski definition) is 5. The van der Waals surface area contributed by atoms with Crippen molar-refractivity contribution in [3.05, 3.63) is 59.0 Å². The molecule has 1 aromatic carbocycles. The average Bonchev–Trinajstić information content (AvgIpc) is 3.36. The summed E-state index contributed by atoms with van der Waals surface area (Å²) in [5.41, 5.74) is 5.00. The van der Waals surface area contributed by atoms with Gasteiger partial charge in [-0.05, 0) is 42.0 Å². The molecule has 0 saturated heterocycles. The highest BCUT2D eigenvalue weighted by Crippen LogP contribution is 2.39. The lowest BCUT2D eigenvalue weighted by Crippen LogP contribution is -2.02. The second kappa shape index (κ2) is 6.21. The SMILES string of the molecule is Cn1cc(-c2cccc(CNc3ncnc4sc5c(c34)CCC5)c2)cn1. The maximum Gasteiger partial charge on any atom is 0.138 e. The van der Waals surface area contributed by atoms with Gasteiger partial charge in [-0.3, -0.25) is 4.68 Å². The lowest BCUT2D eigenvalue weighted by atomic mass is 10.1. The van der Waals surface area contributed by atoms with Gasteiger partial charge in [0.15, 0.2) is 0 Å². The van der Waals surface area contributed by atoms with Gasteiger partial charge >= 0.3 is 0 Å². The first kappa shape index (κ1) is 15.5. The summed E-state index contributed by atoms with van der Waals surface area (Å²) in [5.74, 6) is 0.959. The number of fused-ring (bicyclic) bond motifs is 3. The number of nitrogens with one attached hydrogen (secondary N) is 1. The van der Waals surface area contributed by atoms with E-state index in [1.165, 1.54) is 39.8 Å². The highest BCUT2D eigenvalue weighted by Gasteiger charge is 2.21. The first-order valence-corrected chi connectivity index (χ1v) is 9.66. The van der Waals surface area contributed by atoms with Crippen LogP contribution in [0.5, 0.6) is 0 Å². The van der Waals surface area contributed by atoms with Crippen molar-refractivity contribution in [3.63, 3.8) is 0 Å². The Morgan fingerprint density at radius 2 is 2.15 bits per heavy atom. The van der Waals surface area contributed by atoms with Crippen molar-refractivity contribution in [2.24, 2.45) is 7.05 Å². The van der Waals surface area contributed by atoms with Crippen LogP contribution in [-0.4, -0.2) is 19.7 Å². The van der Waals surface area contributed by atoms with Gasteiger partial charge in [0.1, 0.15) is 17.0 Å². The molecule has 1 aliphatic rings. The van der Waals surface area contributed by atoms with Crippen LogP contribution in [0, 0.1) is 0 Å². The molecule has 3 aromatic heterocycles. The number of nitrogens with zero attached hydrogens (tertiary/aromatic N) is 4. The zero-order valence-electron chi connectivity index (χ0n) is 14.6. The highest BCUT2D eigenvalue weighted by molar-refractivity contribution is 7.19. The molecule has 130 valence electrons. The Morgan fingerprint density at radius 3 is 3.04 bits per heavy atom. The van der Waals surface area contributed by atoms with E-state index in [0.29, 0.717) is 0 Å². The molecule has 0 amide bonds. The first-order valence-electron chi connectivity index (χ1n) is 8.85. The lowest BCUT2D eigenvalue weighted by Gasteiger charge is -2.09. The Balaban J connectivity index is 1.43. The summed E-state index contributed by atoms with van der Waals surface area (Å²) in [7, 11) is 1.94. The van der Waals surface area contributed by atoms with E-state index >= 15 is 0 Å². The fourth-order valence-electron chi connectivity index (χ4n) is 3.68. The van der Waals surface area contributed by atoms with Crippen molar-refractivity contribution in [2.45, 2.75) is 25.8 Å². The van der Waals surface area contributed by atoms with Gasteiger partial charge in [0.2, 0.25) is 0 Å². The molecule has 5 rings (SSSR count).